The highest BCUT2D eigenvalue weighted by atomic mass is 32.1. The summed E-state index contributed by atoms with van der Waals surface area (Å²) < 4.78 is 5.56. The monoisotopic (exact) mass is 259 g/mol. The van der Waals surface area contributed by atoms with E-state index in [-0.39, 0.29) is 0 Å². The second-order valence-corrected chi connectivity index (χ2v) is 11.2. The van der Waals surface area contributed by atoms with Crippen LogP contribution < -0.4 is 10.6 Å². The molecule has 90 valence electrons. The molecular formula is C10H17NO3SSi. The van der Waals surface area contributed by atoms with Gasteiger partial charge in [-0.25, -0.2) is 4.79 Å². The summed E-state index contributed by atoms with van der Waals surface area (Å²) in [4.78, 5) is 15.9. The third-order valence-corrected chi connectivity index (χ3v) is 4.61. The molecule has 0 spiro atoms. The van der Waals surface area contributed by atoms with Gasteiger partial charge in [-0.3, -0.25) is 0 Å². The third-order valence-electron chi connectivity index (χ3n) is 2.03. The molecule has 0 aliphatic rings. The lowest BCUT2D eigenvalue weighted by Crippen LogP contribution is -2.22. The lowest BCUT2D eigenvalue weighted by Gasteiger charge is -2.15. The largest absolute Gasteiger partial charge is 0.492 e. The normalized spacial score (nSPS) is 11.2. The van der Waals surface area contributed by atoms with Gasteiger partial charge in [-0.2, -0.15) is 5.90 Å². The van der Waals surface area contributed by atoms with E-state index in [9.17, 15) is 4.79 Å². The van der Waals surface area contributed by atoms with Gasteiger partial charge in [0.2, 0.25) is 0 Å². The average molecular weight is 259 g/mol. The second-order valence-electron chi connectivity index (χ2n) is 4.68. The quantitative estimate of drug-likeness (QED) is 0.652. The van der Waals surface area contributed by atoms with E-state index in [2.05, 4.69) is 24.5 Å². The van der Waals surface area contributed by atoms with Gasteiger partial charge < -0.3 is 9.57 Å². The number of rotatable bonds is 5. The maximum Gasteiger partial charge on any atom is 0.370 e. The second kappa shape index (κ2) is 5.47. The number of hydrogen-bond acceptors (Lipinski definition) is 5. The molecule has 0 saturated carbocycles. The van der Waals surface area contributed by atoms with Gasteiger partial charge >= 0.3 is 5.97 Å². The van der Waals surface area contributed by atoms with Crippen molar-refractivity contribution in [3.8, 4) is 5.75 Å². The Balaban J connectivity index is 2.55. The van der Waals surface area contributed by atoms with Crippen LogP contribution in [0.3, 0.4) is 0 Å². The lowest BCUT2D eigenvalue weighted by molar-refractivity contribution is 0.0505. The Labute approximate surface area is 100 Å². The third kappa shape index (κ3) is 3.95. The molecule has 1 aromatic heterocycles. The zero-order chi connectivity index (χ0) is 12.2. The minimum absolute atomic E-state index is 0.429. The van der Waals surface area contributed by atoms with Gasteiger partial charge in [-0.05, 0) is 17.5 Å². The van der Waals surface area contributed by atoms with E-state index in [1.165, 1.54) is 11.3 Å². The molecular weight excluding hydrogens is 242 g/mol. The van der Waals surface area contributed by atoms with Crippen LogP contribution in [0.15, 0.2) is 11.4 Å². The summed E-state index contributed by atoms with van der Waals surface area (Å²) in [6.07, 6.45) is 0. The highest BCUT2D eigenvalue weighted by Gasteiger charge is 2.17. The van der Waals surface area contributed by atoms with E-state index in [1.54, 1.807) is 11.4 Å². The van der Waals surface area contributed by atoms with Gasteiger partial charge in [0.05, 0.1) is 6.61 Å². The summed E-state index contributed by atoms with van der Waals surface area (Å²) in [5.41, 5.74) is 0. The highest BCUT2D eigenvalue weighted by Crippen LogP contribution is 2.25. The molecule has 0 aliphatic heterocycles. The number of carbonyl (C=O) groups excluding carboxylic acids is 1. The van der Waals surface area contributed by atoms with Crippen molar-refractivity contribution < 1.29 is 14.4 Å². The number of thiophene rings is 1. The molecule has 6 heteroatoms. The molecule has 0 aromatic carbocycles. The van der Waals surface area contributed by atoms with E-state index in [4.69, 9.17) is 10.6 Å². The maximum absolute atomic E-state index is 11.2. The molecule has 16 heavy (non-hydrogen) atoms. The first-order valence-electron chi connectivity index (χ1n) is 5.05. The van der Waals surface area contributed by atoms with E-state index in [0.29, 0.717) is 17.2 Å². The molecule has 0 bridgehead atoms. The molecule has 1 rings (SSSR count). The predicted molar refractivity (Wildman–Crippen MR) is 67.6 cm³/mol. The molecule has 2 N–H and O–H groups in total. The first-order chi connectivity index (χ1) is 7.44. The van der Waals surface area contributed by atoms with Crippen LogP contribution in [0.2, 0.25) is 25.7 Å². The summed E-state index contributed by atoms with van der Waals surface area (Å²) in [5.74, 6) is 4.86. The standard InChI is InChI=1S/C10H17NO3SSi/c1-16(2,3)7-5-13-8-4-6-15-9(8)10(12)14-11/h4,6H,5,7,11H2,1-3H3. The molecule has 0 amide bonds. The van der Waals surface area contributed by atoms with Gasteiger partial charge in [0.1, 0.15) is 5.75 Å². The molecule has 0 aliphatic carbocycles. The van der Waals surface area contributed by atoms with E-state index < -0.39 is 14.0 Å². The van der Waals surface area contributed by atoms with Crippen LogP contribution in [-0.4, -0.2) is 20.7 Å². The Bertz CT molecular complexity index is 359. The number of ether oxygens (including phenoxy) is 1. The van der Waals surface area contributed by atoms with Gasteiger partial charge in [-0.15, -0.1) is 11.3 Å². The lowest BCUT2D eigenvalue weighted by atomic mass is 10.4. The molecule has 0 radical (unpaired) electrons. The van der Waals surface area contributed by atoms with Crippen molar-refractivity contribution in [1.29, 1.82) is 0 Å². The first-order valence-corrected chi connectivity index (χ1v) is 9.64. The van der Waals surface area contributed by atoms with Crippen LogP contribution in [0.25, 0.3) is 0 Å². The summed E-state index contributed by atoms with van der Waals surface area (Å²) in [6, 6.07) is 2.82. The Kier molecular flexibility index (Phi) is 4.52. The summed E-state index contributed by atoms with van der Waals surface area (Å²) >= 11 is 1.27. The Hall–Kier alpha value is -0.853. The molecule has 0 fully saturated rings. The fourth-order valence-electron chi connectivity index (χ4n) is 1.08. The molecule has 1 heterocycles. The van der Waals surface area contributed by atoms with Crippen LogP contribution >= 0.6 is 11.3 Å². The van der Waals surface area contributed by atoms with Gasteiger partial charge in [-0.1, -0.05) is 19.6 Å². The number of nitrogens with two attached hydrogens (primary N) is 1. The fourth-order valence-corrected chi connectivity index (χ4v) is 2.51. The van der Waals surface area contributed by atoms with Crippen molar-refractivity contribution in [1.82, 2.24) is 0 Å². The van der Waals surface area contributed by atoms with Crippen molar-refractivity contribution in [3.63, 3.8) is 0 Å². The van der Waals surface area contributed by atoms with Crippen LogP contribution in [0, 0.1) is 0 Å². The summed E-state index contributed by atoms with van der Waals surface area (Å²) in [7, 11) is -1.11. The van der Waals surface area contributed by atoms with Crippen molar-refractivity contribution in [2.24, 2.45) is 5.90 Å². The molecule has 0 atom stereocenters. The Morgan fingerprint density at radius 2 is 2.19 bits per heavy atom. The Morgan fingerprint density at radius 3 is 2.75 bits per heavy atom. The van der Waals surface area contributed by atoms with E-state index in [0.717, 1.165) is 6.04 Å². The molecule has 0 saturated heterocycles. The SMILES string of the molecule is C[Si](C)(C)CCOc1ccsc1C(=O)ON. The van der Waals surface area contributed by atoms with Gasteiger partial charge in [0.25, 0.3) is 0 Å². The predicted octanol–water partition coefficient (Wildman–Crippen LogP) is 2.50. The van der Waals surface area contributed by atoms with Crippen molar-refractivity contribution in [2.75, 3.05) is 6.61 Å². The number of carbonyl (C=O) groups is 1. The zero-order valence-electron chi connectivity index (χ0n) is 9.78. The van der Waals surface area contributed by atoms with Gasteiger partial charge in [0, 0.05) is 8.07 Å². The van der Waals surface area contributed by atoms with Gasteiger partial charge in [0.15, 0.2) is 4.88 Å². The molecule has 4 nitrogen and oxygen atoms in total. The highest BCUT2D eigenvalue weighted by molar-refractivity contribution is 7.12. The van der Waals surface area contributed by atoms with E-state index in [1.807, 2.05) is 0 Å². The minimum atomic E-state index is -1.11. The molecule has 0 unspecified atom stereocenters. The van der Waals surface area contributed by atoms with Crippen molar-refractivity contribution in [3.05, 3.63) is 16.3 Å². The molecule has 1 aromatic rings. The van der Waals surface area contributed by atoms with Crippen LogP contribution in [0.4, 0.5) is 0 Å². The van der Waals surface area contributed by atoms with Crippen LogP contribution in [0.5, 0.6) is 5.75 Å². The van der Waals surface area contributed by atoms with Crippen molar-refractivity contribution >= 4 is 25.4 Å². The van der Waals surface area contributed by atoms with E-state index >= 15 is 0 Å². The average Bonchev–Trinajstić information content (AvgIpc) is 2.63. The summed E-state index contributed by atoms with van der Waals surface area (Å²) in [5, 5.41) is 1.79. The van der Waals surface area contributed by atoms with Crippen LogP contribution in [-0.2, 0) is 4.84 Å². The number of hydrogen-bond donors (Lipinski definition) is 1. The summed E-state index contributed by atoms with van der Waals surface area (Å²) in [6.45, 7) is 7.47. The topological polar surface area (TPSA) is 61.5 Å². The minimum Gasteiger partial charge on any atom is -0.492 e. The Morgan fingerprint density at radius 1 is 1.50 bits per heavy atom. The smallest absolute Gasteiger partial charge is 0.370 e. The van der Waals surface area contributed by atoms with Crippen molar-refractivity contribution in [2.45, 2.75) is 25.7 Å². The zero-order valence-corrected chi connectivity index (χ0v) is 11.6. The first kappa shape index (κ1) is 13.2. The van der Waals surface area contributed by atoms with Crippen LogP contribution in [0.1, 0.15) is 9.67 Å². The fraction of sp³-hybridized carbons (Fsp3) is 0.500. The maximum atomic E-state index is 11.2.